The van der Waals surface area contributed by atoms with Gasteiger partial charge in [0.05, 0.1) is 6.54 Å². The molecular formula is C26H33ClN2O. The Bertz CT molecular complexity index is 850. The molecule has 1 aromatic rings. The Morgan fingerprint density at radius 2 is 1.87 bits per heavy atom. The summed E-state index contributed by atoms with van der Waals surface area (Å²) in [5.41, 5.74) is 5.38. The van der Waals surface area contributed by atoms with Gasteiger partial charge < -0.3 is 0 Å². The molecule has 1 aromatic carbocycles. The van der Waals surface area contributed by atoms with E-state index in [2.05, 4.69) is 28.9 Å². The quantitative estimate of drug-likeness (QED) is 0.649. The third kappa shape index (κ3) is 4.16. The first kappa shape index (κ1) is 20.5. The molecule has 1 saturated carbocycles. The molecule has 0 spiro atoms. The van der Waals surface area contributed by atoms with Crippen molar-refractivity contribution in [2.75, 3.05) is 19.6 Å². The van der Waals surface area contributed by atoms with Crippen molar-refractivity contribution in [1.29, 1.82) is 0 Å². The topological polar surface area (TPSA) is 32.7 Å². The summed E-state index contributed by atoms with van der Waals surface area (Å²) in [5, 5.41) is 0.913. The van der Waals surface area contributed by atoms with Gasteiger partial charge in [0.15, 0.2) is 0 Å². The van der Waals surface area contributed by atoms with Crippen molar-refractivity contribution in [1.82, 2.24) is 4.90 Å². The van der Waals surface area contributed by atoms with Gasteiger partial charge in [-0.3, -0.25) is 14.7 Å². The average Bonchev–Trinajstić information content (AvgIpc) is 3.37. The molecule has 0 amide bonds. The monoisotopic (exact) mass is 424 g/mol. The van der Waals surface area contributed by atoms with Crippen LogP contribution in [0.25, 0.3) is 0 Å². The Balaban J connectivity index is 1.24. The molecule has 4 atom stereocenters. The summed E-state index contributed by atoms with van der Waals surface area (Å²) in [5.74, 6) is 2.46. The zero-order chi connectivity index (χ0) is 20.7. The van der Waals surface area contributed by atoms with Crippen LogP contribution in [0.3, 0.4) is 0 Å². The first-order chi connectivity index (χ1) is 14.6. The summed E-state index contributed by atoms with van der Waals surface area (Å²) < 4.78 is 0. The largest absolute Gasteiger partial charge is 0.300 e. The van der Waals surface area contributed by atoms with Crippen LogP contribution in [0.1, 0.15) is 55.2 Å². The molecule has 160 valence electrons. The maximum absolute atomic E-state index is 12.8. The van der Waals surface area contributed by atoms with Gasteiger partial charge in [0, 0.05) is 43.2 Å². The second-order valence-corrected chi connectivity index (χ2v) is 10.5. The summed E-state index contributed by atoms with van der Waals surface area (Å²) in [4.78, 5) is 19.8. The molecule has 30 heavy (non-hydrogen) atoms. The van der Waals surface area contributed by atoms with E-state index in [4.69, 9.17) is 11.6 Å². The number of carbonyl (C=O) groups excluding carboxylic acids is 1. The van der Waals surface area contributed by atoms with Crippen LogP contribution >= 0.6 is 11.6 Å². The lowest BCUT2D eigenvalue weighted by Crippen LogP contribution is -2.42. The zero-order valence-corrected chi connectivity index (χ0v) is 18.8. The number of allylic oxidation sites excluding steroid dienone is 1. The molecule has 2 fully saturated rings. The van der Waals surface area contributed by atoms with Gasteiger partial charge in [-0.05, 0) is 84.8 Å². The van der Waals surface area contributed by atoms with Crippen LogP contribution in [0.5, 0.6) is 0 Å². The maximum atomic E-state index is 12.8. The normalized spacial score (nSPS) is 30.8. The van der Waals surface area contributed by atoms with Crippen molar-refractivity contribution in [2.45, 2.75) is 64.3 Å². The highest BCUT2D eigenvalue weighted by molar-refractivity contribution is 6.31. The summed E-state index contributed by atoms with van der Waals surface area (Å²) >= 11 is 6.41. The van der Waals surface area contributed by atoms with Gasteiger partial charge in [0.25, 0.3) is 0 Å². The third-order valence-electron chi connectivity index (χ3n) is 8.01. The van der Waals surface area contributed by atoms with Crippen molar-refractivity contribution in [3.63, 3.8) is 0 Å². The van der Waals surface area contributed by atoms with Gasteiger partial charge in [-0.25, -0.2) is 0 Å². The molecule has 5 rings (SSSR count). The standard InChI is InChI=1S/C26H33ClN2O/c1-17-8-20-10-22-15-29(16-23(22)11-21(20)13-25(17)27)26-5-3-2-4-19(26)12-24(30)9-18-6-7-28-14-18/h6-8,13,19,22-23,26H,2-5,9-12,14-16H2,1H3. The Morgan fingerprint density at radius 1 is 1.13 bits per heavy atom. The predicted octanol–water partition coefficient (Wildman–Crippen LogP) is 5.21. The fraction of sp³-hybridized carbons (Fsp3) is 0.615. The second kappa shape index (κ2) is 8.59. The van der Waals surface area contributed by atoms with E-state index in [-0.39, 0.29) is 0 Å². The summed E-state index contributed by atoms with van der Waals surface area (Å²) in [6.45, 7) is 5.25. The number of fused-ring (bicyclic) bond motifs is 2. The Labute approximate surface area is 185 Å². The van der Waals surface area contributed by atoms with Gasteiger partial charge in [0.2, 0.25) is 0 Å². The smallest absolute Gasteiger partial charge is 0.137 e. The minimum Gasteiger partial charge on any atom is -0.300 e. The number of carbonyl (C=O) groups is 1. The number of aliphatic imine (C=N–C) groups is 1. The van der Waals surface area contributed by atoms with Crippen molar-refractivity contribution in [3.8, 4) is 0 Å². The van der Waals surface area contributed by atoms with Crippen LogP contribution in [-0.2, 0) is 17.6 Å². The highest BCUT2D eigenvalue weighted by Crippen LogP contribution is 2.41. The first-order valence-corrected chi connectivity index (χ1v) is 12.2. The molecule has 2 heterocycles. The molecular weight excluding hydrogens is 392 g/mol. The van der Waals surface area contributed by atoms with Gasteiger partial charge in [-0.15, -0.1) is 0 Å². The maximum Gasteiger partial charge on any atom is 0.137 e. The van der Waals surface area contributed by atoms with E-state index in [0.29, 0.717) is 24.2 Å². The van der Waals surface area contributed by atoms with Crippen molar-refractivity contribution in [3.05, 3.63) is 45.5 Å². The lowest BCUT2D eigenvalue weighted by Gasteiger charge is -2.38. The molecule has 2 aliphatic heterocycles. The number of benzene rings is 1. The van der Waals surface area contributed by atoms with E-state index in [1.54, 1.807) is 0 Å². The van der Waals surface area contributed by atoms with E-state index >= 15 is 0 Å². The summed E-state index contributed by atoms with van der Waals surface area (Å²) in [6.07, 6.45) is 12.7. The molecule has 4 aliphatic rings. The van der Waals surface area contributed by atoms with Crippen LogP contribution in [0, 0.1) is 24.7 Å². The van der Waals surface area contributed by atoms with Crippen LogP contribution < -0.4 is 0 Å². The van der Waals surface area contributed by atoms with E-state index in [1.165, 1.54) is 73.9 Å². The first-order valence-electron chi connectivity index (χ1n) is 11.8. The lowest BCUT2D eigenvalue weighted by atomic mass is 9.77. The van der Waals surface area contributed by atoms with Crippen LogP contribution in [0.4, 0.5) is 0 Å². The molecule has 0 aromatic heterocycles. The molecule has 3 nitrogen and oxygen atoms in total. The van der Waals surface area contributed by atoms with Crippen LogP contribution in [0.2, 0.25) is 5.02 Å². The molecule has 1 saturated heterocycles. The molecule has 2 aliphatic carbocycles. The van der Waals surface area contributed by atoms with Crippen LogP contribution in [0.15, 0.2) is 28.8 Å². The number of halogens is 1. The Kier molecular flexibility index (Phi) is 5.86. The molecule has 4 heteroatoms. The minimum absolute atomic E-state index is 0.415. The number of rotatable bonds is 5. The molecule has 0 radical (unpaired) electrons. The second-order valence-electron chi connectivity index (χ2n) is 10.1. The number of Topliss-reactive ketones (excluding diaryl/α,β-unsaturated/α-hetero) is 1. The fourth-order valence-corrected chi connectivity index (χ4v) is 6.64. The summed E-state index contributed by atoms with van der Waals surface area (Å²) in [6, 6.07) is 5.13. The van der Waals surface area contributed by atoms with E-state index in [0.717, 1.165) is 29.8 Å². The fourth-order valence-electron chi connectivity index (χ4n) is 6.46. The van der Waals surface area contributed by atoms with Gasteiger partial charge in [-0.1, -0.05) is 30.5 Å². The zero-order valence-electron chi connectivity index (χ0n) is 18.1. The predicted molar refractivity (Wildman–Crippen MR) is 124 cm³/mol. The Morgan fingerprint density at radius 3 is 2.60 bits per heavy atom. The minimum atomic E-state index is 0.415. The van der Waals surface area contributed by atoms with Crippen LogP contribution in [-0.4, -0.2) is 42.6 Å². The third-order valence-corrected chi connectivity index (χ3v) is 8.42. The highest BCUT2D eigenvalue weighted by atomic mass is 35.5. The number of hydrogen-bond donors (Lipinski definition) is 0. The highest BCUT2D eigenvalue weighted by Gasteiger charge is 2.41. The average molecular weight is 425 g/mol. The lowest BCUT2D eigenvalue weighted by molar-refractivity contribution is -0.120. The number of likely N-dealkylation sites (tertiary alicyclic amines) is 1. The number of aryl methyl sites for hydroxylation is 1. The van der Waals surface area contributed by atoms with E-state index < -0.39 is 0 Å². The van der Waals surface area contributed by atoms with E-state index in [9.17, 15) is 4.79 Å². The van der Waals surface area contributed by atoms with E-state index in [1.807, 2.05) is 12.3 Å². The van der Waals surface area contributed by atoms with Gasteiger partial charge in [0.1, 0.15) is 5.78 Å². The number of hydrogen-bond acceptors (Lipinski definition) is 3. The van der Waals surface area contributed by atoms with Crippen molar-refractivity contribution >= 4 is 23.6 Å². The van der Waals surface area contributed by atoms with Gasteiger partial charge >= 0.3 is 0 Å². The molecule has 0 bridgehead atoms. The summed E-state index contributed by atoms with van der Waals surface area (Å²) in [7, 11) is 0. The van der Waals surface area contributed by atoms with Gasteiger partial charge in [-0.2, -0.15) is 0 Å². The Hall–Kier alpha value is -1.45. The van der Waals surface area contributed by atoms with Crippen molar-refractivity contribution in [2.24, 2.45) is 22.7 Å². The van der Waals surface area contributed by atoms with Crippen molar-refractivity contribution < 1.29 is 4.79 Å². The SMILES string of the molecule is Cc1cc2c(cc1Cl)CC1CN(C3CCCCC3CC(=O)CC3=CC=NC3)CC1C2. The molecule has 4 unspecified atom stereocenters. The molecule has 0 N–H and O–H groups in total. The number of nitrogens with zero attached hydrogens (tertiary/aromatic N) is 2. The number of ketones is 1.